The van der Waals surface area contributed by atoms with Crippen LogP contribution in [-0.4, -0.2) is 29.1 Å². The predicted octanol–water partition coefficient (Wildman–Crippen LogP) is 3.44. The molecule has 0 atom stereocenters. The van der Waals surface area contributed by atoms with Crippen molar-refractivity contribution in [3.63, 3.8) is 0 Å². The van der Waals surface area contributed by atoms with E-state index in [1.54, 1.807) is 12.3 Å². The van der Waals surface area contributed by atoms with Gasteiger partial charge < -0.3 is 10.0 Å². The molecule has 0 aromatic carbocycles. The highest BCUT2D eigenvalue weighted by Gasteiger charge is 2.29. The van der Waals surface area contributed by atoms with Gasteiger partial charge in [-0.15, -0.1) is 0 Å². The lowest BCUT2D eigenvalue weighted by molar-refractivity contribution is -0.131. The number of pyridine rings is 1. The molecule has 4 heteroatoms. The van der Waals surface area contributed by atoms with Gasteiger partial charge in [-0.05, 0) is 42.4 Å². The van der Waals surface area contributed by atoms with Crippen LogP contribution in [-0.2, 0) is 4.79 Å². The number of aliphatic carboxylic acids is 1. The van der Waals surface area contributed by atoms with Crippen molar-refractivity contribution in [2.24, 2.45) is 11.3 Å². The zero-order valence-corrected chi connectivity index (χ0v) is 13.0. The van der Waals surface area contributed by atoms with Gasteiger partial charge in [0.2, 0.25) is 0 Å². The SMILES string of the molecule is CC(C)(C)C1CCN(c2ncccc2/C=C/C(=O)O)CC1. The van der Waals surface area contributed by atoms with Crippen LogP contribution in [0.25, 0.3) is 6.08 Å². The summed E-state index contributed by atoms with van der Waals surface area (Å²) in [5.41, 5.74) is 1.22. The van der Waals surface area contributed by atoms with Gasteiger partial charge in [0, 0.05) is 30.9 Å². The minimum absolute atomic E-state index is 0.349. The van der Waals surface area contributed by atoms with Crippen molar-refractivity contribution in [1.29, 1.82) is 0 Å². The van der Waals surface area contributed by atoms with Crippen molar-refractivity contribution >= 4 is 17.9 Å². The molecule has 1 aromatic heterocycles. The molecular weight excluding hydrogens is 264 g/mol. The zero-order valence-electron chi connectivity index (χ0n) is 13.0. The maximum Gasteiger partial charge on any atom is 0.328 e. The molecule has 2 rings (SSSR count). The summed E-state index contributed by atoms with van der Waals surface area (Å²) in [7, 11) is 0. The van der Waals surface area contributed by atoms with Crippen LogP contribution in [0.15, 0.2) is 24.4 Å². The zero-order chi connectivity index (χ0) is 15.5. The van der Waals surface area contributed by atoms with Gasteiger partial charge in [-0.3, -0.25) is 0 Å². The number of rotatable bonds is 3. The smallest absolute Gasteiger partial charge is 0.328 e. The van der Waals surface area contributed by atoms with E-state index in [4.69, 9.17) is 5.11 Å². The summed E-state index contributed by atoms with van der Waals surface area (Å²) < 4.78 is 0. The van der Waals surface area contributed by atoms with Crippen molar-refractivity contribution < 1.29 is 9.90 Å². The molecule has 21 heavy (non-hydrogen) atoms. The molecule has 4 nitrogen and oxygen atoms in total. The Hall–Kier alpha value is -1.84. The molecule has 0 radical (unpaired) electrons. The molecule has 1 saturated heterocycles. The standard InChI is InChI=1S/C17H24N2O2/c1-17(2,3)14-8-11-19(12-9-14)16-13(5-4-10-18-16)6-7-15(20)21/h4-7,10,14H,8-9,11-12H2,1-3H3,(H,20,21)/b7-6+. The normalized spacial score (nSPS) is 17.4. The molecule has 0 spiro atoms. The Kier molecular flexibility index (Phi) is 4.66. The number of anilines is 1. The van der Waals surface area contributed by atoms with Crippen molar-refractivity contribution in [3.05, 3.63) is 30.0 Å². The molecule has 1 fully saturated rings. The van der Waals surface area contributed by atoms with Gasteiger partial charge in [-0.2, -0.15) is 0 Å². The average molecular weight is 288 g/mol. The molecule has 2 heterocycles. The minimum Gasteiger partial charge on any atom is -0.478 e. The molecule has 0 saturated carbocycles. The maximum atomic E-state index is 10.7. The Labute approximate surface area is 126 Å². The second-order valence-corrected chi connectivity index (χ2v) is 6.72. The van der Waals surface area contributed by atoms with Crippen LogP contribution in [0.1, 0.15) is 39.2 Å². The maximum absolute atomic E-state index is 10.7. The summed E-state index contributed by atoms with van der Waals surface area (Å²) in [6, 6.07) is 3.75. The van der Waals surface area contributed by atoms with Crippen molar-refractivity contribution in [1.82, 2.24) is 4.98 Å². The summed E-state index contributed by atoms with van der Waals surface area (Å²) in [6.07, 6.45) is 6.87. The summed E-state index contributed by atoms with van der Waals surface area (Å²) in [5.74, 6) is 0.689. The van der Waals surface area contributed by atoms with Crippen molar-refractivity contribution in [2.75, 3.05) is 18.0 Å². The number of carbonyl (C=O) groups is 1. The second kappa shape index (κ2) is 6.29. The van der Waals surface area contributed by atoms with Gasteiger partial charge in [0.25, 0.3) is 0 Å². The van der Waals surface area contributed by atoms with Crippen LogP contribution < -0.4 is 4.90 Å². The minimum atomic E-state index is -0.934. The topological polar surface area (TPSA) is 53.4 Å². The molecular formula is C17H24N2O2. The quantitative estimate of drug-likeness (QED) is 0.866. The van der Waals surface area contributed by atoms with E-state index in [1.807, 2.05) is 12.1 Å². The molecule has 0 amide bonds. The summed E-state index contributed by atoms with van der Waals surface area (Å²) in [6.45, 7) is 8.86. The molecule has 0 unspecified atom stereocenters. The molecule has 0 bridgehead atoms. The predicted molar refractivity (Wildman–Crippen MR) is 85.3 cm³/mol. The molecule has 1 N–H and O–H groups in total. The fourth-order valence-corrected chi connectivity index (χ4v) is 2.92. The molecule has 0 aliphatic carbocycles. The highest BCUT2D eigenvalue weighted by Crippen LogP contribution is 2.35. The van der Waals surface area contributed by atoms with E-state index in [-0.39, 0.29) is 0 Å². The Morgan fingerprint density at radius 1 is 1.38 bits per heavy atom. The molecule has 1 aliphatic heterocycles. The number of piperidine rings is 1. The van der Waals surface area contributed by atoms with Gasteiger partial charge in [0.05, 0.1) is 0 Å². The lowest BCUT2D eigenvalue weighted by atomic mass is 9.75. The fourth-order valence-electron chi connectivity index (χ4n) is 2.92. The Morgan fingerprint density at radius 2 is 2.05 bits per heavy atom. The summed E-state index contributed by atoms with van der Waals surface area (Å²) >= 11 is 0. The first-order valence-corrected chi connectivity index (χ1v) is 7.49. The van der Waals surface area contributed by atoms with E-state index in [0.717, 1.165) is 43.2 Å². The number of hydrogen-bond acceptors (Lipinski definition) is 3. The van der Waals surface area contributed by atoms with Gasteiger partial charge in [-0.1, -0.05) is 20.8 Å². The number of hydrogen-bond donors (Lipinski definition) is 1. The molecule has 114 valence electrons. The van der Waals surface area contributed by atoms with Crippen molar-refractivity contribution in [3.8, 4) is 0 Å². The first kappa shape index (κ1) is 15.5. The lowest BCUT2D eigenvalue weighted by Gasteiger charge is -2.39. The van der Waals surface area contributed by atoms with Gasteiger partial charge >= 0.3 is 5.97 Å². The summed E-state index contributed by atoms with van der Waals surface area (Å²) in [4.78, 5) is 17.4. The summed E-state index contributed by atoms with van der Waals surface area (Å²) in [5, 5.41) is 8.78. The second-order valence-electron chi connectivity index (χ2n) is 6.72. The third-order valence-corrected chi connectivity index (χ3v) is 4.24. The highest BCUT2D eigenvalue weighted by molar-refractivity contribution is 5.86. The van der Waals surface area contributed by atoms with Gasteiger partial charge in [0.15, 0.2) is 0 Å². The average Bonchev–Trinajstić information content (AvgIpc) is 2.44. The largest absolute Gasteiger partial charge is 0.478 e. The number of nitrogens with zero attached hydrogens (tertiary/aromatic N) is 2. The third-order valence-electron chi connectivity index (χ3n) is 4.24. The van der Waals surface area contributed by atoms with Gasteiger partial charge in [0.1, 0.15) is 5.82 Å². The lowest BCUT2D eigenvalue weighted by Crippen LogP contribution is -2.38. The molecule has 1 aliphatic rings. The van der Waals surface area contributed by atoms with Crippen LogP contribution in [0.5, 0.6) is 0 Å². The van der Waals surface area contributed by atoms with Crippen LogP contribution in [0.3, 0.4) is 0 Å². The van der Waals surface area contributed by atoms with Crippen LogP contribution in [0.2, 0.25) is 0 Å². The van der Waals surface area contributed by atoms with Crippen LogP contribution in [0.4, 0.5) is 5.82 Å². The first-order valence-electron chi connectivity index (χ1n) is 7.49. The number of aromatic nitrogens is 1. The van der Waals surface area contributed by atoms with E-state index in [0.29, 0.717) is 5.41 Å². The third kappa shape index (κ3) is 4.06. The monoisotopic (exact) mass is 288 g/mol. The van der Waals surface area contributed by atoms with E-state index in [2.05, 4.69) is 30.7 Å². The number of carboxylic acids is 1. The van der Waals surface area contributed by atoms with E-state index < -0.39 is 5.97 Å². The Morgan fingerprint density at radius 3 is 2.62 bits per heavy atom. The molecule has 1 aromatic rings. The fraction of sp³-hybridized carbons (Fsp3) is 0.529. The first-order chi connectivity index (χ1) is 9.88. The highest BCUT2D eigenvalue weighted by atomic mass is 16.4. The van der Waals surface area contributed by atoms with E-state index in [9.17, 15) is 4.79 Å². The van der Waals surface area contributed by atoms with Crippen LogP contribution >= 0.6 is 0 Å². The number of carboxylic acid groups (broad SMARTS) is 1. The van der Waals surface area contributed by atoms with E-state index >= 15 is 0 Å². The Bertz CT molecular complexity index is 524. The van der Waals surface area contributed by atoms with Gasteiger partial charge in [-0.25, -0.2) is 9.78 Å². The van der Waals surface area contributed by atoms with Crippen molar-refractivity contribution in [2.45, 2.75) is 33.6 Å². The van der Waals surface area contributed by atoms with E-state index in [1.165, 1.54) is 6.08 Å². The Balaban J connectivity index is 2.12. The van der Waals surface area contributed by atoms with Crippen LogP contribution in [0, 0.1) is 11.3 Å².